The Kier molecular flexibility index (Phi) is 8.51. The first-order valence-corrected chi connectivity index (χ1v) is 11.9. The second kappa shape index (κ2) is 11.2. The number of nitrogens with zero attached hydrogens (tertiary/aromatic N) is 3. The minimum atomic E-state index is -1.02. The normalized spacial score (nSPS) is 23.6. The van der Waals surface area contributed by atoms with Crippen molar-refractivity contribution < 1.29 is 19.4 Å². The number of hydrogen-bond donors (Lipinski definition) is 4. The SMILES string of the molecule is CC(C)(N)C(=O)NC(CCCc1ccccc1)C1(C)N=CNN1CCOC(=O)N1CC[C@@H](O)C1. The number of aliphatic hydroxyl groups is 1. The Bertz CT molecular complexity index is 859. The number of benzene rings is 1. The second-order valence-electron chi connectivity index (χ2n) is 9.76. The van der Waals surface area contributed by atoms with Crippen LogP contribution >= 0.6 is 0 Å². The fourth-order valence-corrected chi connectivity index (χ4v) is 4.20. The highest BCUT2D eigenvalue weighted by molar-refractivity contribution is 5.85. The van der Waals surface area contributed by atoms with E-state index in [0.717, 1.165) is 12.8 Å². The Labute approximate surface area is 201 Å². The van der Waals surface area contributed by atoms with E-state index in [1.165, 1.54) is 10.5 Å². The first-order chi connectivity index (χ1) is 16.1. The predicted molar refractivity (Wildman–Crippen MR) is 130 cm³/mol. The Balaban J connectivity index is 1.62. The Hall–Kier alpha value is -2.69. The molecule has 2 heterocycles. The van der Waals surface area contributed by atoms with Crippen molar-refractivity contribution in [3.63, 3.8) is 0 Å². The molecule has 0 aromatic heterocycles. The van der Waals surface area contributed by atoms with Crippen molar-refractivity contribution in [1.29, 1.82) is 0 Å². The number of nitrogens with two attached hydrogens (primary N) is 1. The number of carbonyl (C=O) groups excluding carboxylic acids is 2. The number of aliphatic imine (C=N–C) groups is 1. The Morgan fingerprint density at radius 3 is 2.76 bits per heavy atom. The lowest BCUT2D eigenvalue weighted by atomic mass is 9.93. The summed E-state index contributed by atoms with van der Waals surface area (Å²) in [7, 11) is 0. The van der Waals surface area contributed by atoms with Crippen molar-refractivity contribution in [3.8, 4) is 0 Å². The van der Waals surface area contributed by atoms with Gasteiger partial charge >= 0.3 is 6.09 Å². The summed E-state index contributed by atoms with van der Waals surface area (Å²) < 4.78 is 5.41. The van der Waals surface area contributed by atoms with Crippen LogP contribution in [0.4, 0.5) is 4.79 Å². The van der Waals surface area contributed by atoms with Crippen LogP contribution in [0.2, 0.25) is 0 Å². The summed E-state index contributed by atoms with van der Waals surface area (Å²) >= 11 is 0. The molecule has 0 bridgehead atoms. The van der Waals surface area contributed by atoms with E-state index < -0.39 is 23.4 Å². The zero-order valence-corrected chi connectivity index (χ0v) is 20.4. The van der Waals surface area contributed by atoms with Gasteiger partial charge in [-0.05, 0) is 52.0 Å². The van der Waals surface area contributed by atoms with Crippen LogP contribution in [-0.4, -0.2) is 82.9 Å². The molecule has 2 aliphatic heterocycles. The van der Waals surface area contributed by atoms with Crippen LogP contribution in [0, 0.1) is 0 Å². The van der Waals surface area contributed by atoms with E-state index >= 15 is 0 Å². The van der Waals surface area contributed by atoms with Crippen molar-refractivity contribution in [1.82, 2.24) is 20.7 Å². The van der Waals surface area contributed by atoms with E-state index in [2.05, 4.69) is 27.9 Å². The molecule has 1 aromatic rings. The number of ether oxygens (including phenoxy) is 1. The highest BCUT2D eigenvalue weighted by Crippen LogP contribution is 2.27. The number of amides is 2. The van der Waals surface area contributed by atoms with Crippen LogP contribution in [0.15, 0.2) is 35.3 Å². The summed E-state index contributed by atoms with van der Waals surface area (Å²) in [6, 6.07) is 9.89. The van der Waals surface area contributed by atoms with E-state index in [4.69, 9.17) is 10.5 Å². The highest BCUT2D eigenvalue weighted by atomic mass is 16.6. The van der Waals surface area contributed by atoms with E-state index in [1.54, 1.807) is 20.2 Å². The topological polar surface area (TPSA) is 133 Å². The average Bonchev–Trinajstić information content (AvgIpc) is 3.39. The third kappa shape index (κ3) is 6.68. The maximum atomic E-state index is 12.8. The molecule has 3 atom stereocenters. The highest BCUT2D eigenvalue weighted by Gasteiger charge is 2.44. The fraction of sp³-hybridized carbons (Fsp3) is 0.625. The number of rotatable bonds is 10. The molecule has 10 heteroatoms. The monoisotopic (exact) mass is 474 g/mol. The standard InChI is InChI=1S/C24H38N6O4/c1-23(2,25)21(32)28-20(11-7-10-18-8-5-4-6-9-18)24(3)26-17-27-30(24)14-15-34-22(33)29-13-12-19(31)16-29/h4-6,8-9,17,19-20,31H,7,10-16,25H2,1-3H3,(H,26,27)(H,28,32)/t19-,20?,24?/m1/s1. The quantitative estimate of drug-likeness (QED) is 0.398. The Morgan fingerprint density at radius 1 is 1.38 bits per heavy atom. The number of hydrazine groups is 1. The van der Waals surface area contributed by atoms with Crippen LogP contribution in [0.1, 0.15) is 45.6 Å². The van der Waals surface area contributed by atoms with E-state index in [0.29, 0.717) is 32.5 Å². The van der Waals surface area contributed by atoms with Gasteiger partial charge in [0.05, 0.1) is 30.6 Å². The lowest BCUT2D eigenvalue weighted by molar-refractivity contribution is -0.127. The molecule has 0 radical (unpaired) electrons. The van der Waals surface area contributed by atoms with E-state index in [1.807, 2.05) is 30.1 Å². The fourth-order valence-electron chi connectivity index (χ4n) is 4.20. The number of nitrogens with one attached hydrogen (secondary N) is 2. The van der Waals surface area contributed by atoms with Crippen LogP contribution in [0.25, 0.3) is 0 Å². The minimum absolute atomic E-state index is 0.143. The molecule has 2 amide bonds. The number of likely N-dealkylation sites (tertiary alicyclic amines) is 1. The van der Waals surface area contributed by atoms with Gasteiger partial charge in [0.2, 0.25) is 5.91 Å². The van der Waals surface area contributed by atoms with Crippen molar-refractivity contribution >= 4 is 18.3 Å². The molecule has 2 unspecified atom stereocenters. The summed E-state index contributed by atoms with van der Waals surface area (Å²) in [5.41, 5.74) is 8.59. The van der Waals surface area contributed by atoms with Gasteiger partial charge in [-0.25, -0.2) is 9.79 Å². The van der Waals surface area contributed by atoms with E-state index in [-0.39, 0.29) is 18.6 Å². The van der Waals surface area contributed by atoms with Gasteiger partial charge in [-0.3, -0.25) is 4.79 Å². The largest absolute Gasteiger partial charge is 0.448 e. The molecule has 5 N–H and O–H groups in total. The smallest absolute Gasteiger partial charge is 0.409 e. The number of aliphatic hydroxyl groups excluding tert-OH is 1. The molecule has 1 saturated heterocycles. The minimum Gasteiger partial charge on any atom is -0.448 e. The van der Waals surface area contributed by atoms with Gasteiger partial charge < -0.3 is 31.2 Å². The average molecular weight is 475 g/mol. The molecular weight excluding hydrogens is 436 g/mol. The summed E-state index contributed by atoms with van der Waals surface area (Å²) in [6.07, 6.45) is 3.66. The summed E-state index contributed by atoms with van der Waals surface area (Å²) in [4.78, 5) is 31.2. The Morgan fingerprint density at radius 2 is 2.12 bits per heavy atom. The molecular formula is C24H38N6O4. The van der Waals surface area contributed by atoms with Gasteiger partial charge in [0.1, 0.15) is 12.3 Å². The first kappa shape index (κ1) is 25.9. The van der Waals surface area contributed by atoms with Crippen molar-refractivity contribution in [2.24, 2.45) is 10.7 Å². The molecule has 1 fully saturated rings. The predicted octanol–water partition coefficient (Wildman–Crippen LogP) is 0.999. The number of carbonyl (C=O) groups is 2. The molecule has 10 nitrogen and oxygen atoms in total. The molecule has 0 aliphatic carbocycles. The third-order valence-corrected chi connectivity index (χ3v) is 6.40. The second-order valence-corrected chi connectivity index (χ2v) is 9.76. The van der Waals surface area contributed by atoms with Crippen LogP contribution in [0.3, 0.4) is 0 Å². The lowest BCUT2D eigenvalue weighted by Gasteiger charge is -2.40. The van der Waals surface area contributed by atoms with Crippen molar-refractivity contribution in [3.05, 3.63) is 35.9 Å². The van der Waals surface area contributed by atoms with Gasteiger partial charge in [0.25, 0.3) is 0 Å². The van der Waals surface area contributed by atoms with Crippen molar-refractivity contribution in [2.45, 2.75) is 69.8 Å². The summed E-state index contributed by atoms with van der Waals surface area (Å²) in [5, 5.41) is 14.6. The van der Waals surface area contributed by atoms with Gasteiger partial charge in [-0.1, -0.05) is 30.3 Å². The van der Waals surface area contributed by atoms with Gasteiger partial charge in [-0.2, -0.15) is 5.01 Å². The summed E-state index contributed by atoms with van der Waals surface area (Å²) in [5.74, 6) is -0.250. The zero-order chi connectivity index (χ0) is 24.8. The first-order valence-electron chi connectivity index (χ1n) is 11.9. The molecule has 2 aliphatic rings. The molecule has 0 spiro atoms. The number of hydrogen-bond acceptors (Lipinski definition) is 8. The molecule has 0 saturated carbocycles. The number of aryl methyl sites for hydroxylation is 1. The number of β-amino-alcohol motifs (C(OH)–C–C–N with tert-alkyl or cyclic N) is 1. The van der Waals surface area contributed by atoms with Crippen LogP contribution in [0.5, 0.6) is 0 Å². The van der Waals surface area contributed by atoms with Gasteiger partial charge in [-0.15, -0.1) is 0 Å². The third-order valence-electron chi connectivity index (χ3n) is 6.40. The molecule has 3 rings (SSSR count). The van der Waals surface area contributed by atoms with Crippen LogP contribution in [-0.2, 0) is 16.0 Å². The van der Waals surface area contributed by atoms with Gasteiger partial charge in [0, 0.05) is 13.1 Å². The molecule has 188 valence electrons. The van der Waals surface area contributed by atoms with Crippen LogP contribution < -0.4 is 16.5 Å². The van der Waals surface area contributed by atoms with Crippen molar-refractivity contribution in [2.75, 3.05) is 26.2 Å². The maximum absolute atomic E-state index is 12.8. The maximum Gasteiger partial charge on any atom is 0.409 e. The van der Waals surface area contributed by atoms with E-state index in [9.17, 15) is 14.7 Å². The lowest BCUT2D eigenvalue weighted by Crippen LogP contribution is -2.63. The van der Waals surface area contributed by atoms with Gasteiger partial charge in [0.15, 0.2) is 0 Å². The zero-order valence-electron chi connectivity index (χ0n) is 20.4. The molecule has 1 aromatic carbocycles. The summed E-state index contributed by atoms with van der Waals surface area (Å²) in [6.45, 7) is 6.60. The molecule has 34 heavy (non-hydrogen) atoms.